The molecule has 3 heterocycles. The predicted molar refractivity (Wildman–Crippen MR) is 85.4 cm³/mol. The van der Waals surface area contributed by atoms with E-state index in [9.17, 15) is 17.6 Å². The number of hydrogen-bond acceptors (Lipinski definition) is 4. The maximum Gasteiger partial charge on any atom is 0.453 e. The summed E-state index contributed by atoms with van der Waals surface area (Å²) in [5.74, 6) is -1.83. The van der Waals surface area contributed by atoms with Gasteiger partial charge in [-0.1, -0.05) is 12.1 Å². The van der Waals surface area contributed by atoms with Crippen LogP contribution in [0.4, 0.5) is 23.5 Å². The molecule has 9 heteroatoms. The van der Waals surface area contributed by atoms with Gasteiger partial charge in [0.1, 0.15) is 11.9 Å². The lowest BCUT2D eigenvalue weighted by molar-refractivity contribution is -0.145. The Kier molecular flexibility index (Phi) is 3.71. The summed E-state index contributed by atoms with van der Waals surface area (Å²) in [4.78, 5) is 7.57. The van der Waals surface area contributed by atoms with E-state index in [1.165, 1.54) is 18.2 Å². The molecule has 1 aromatic carbocycles. The van der Waals surface area contributed by atoms with Gasteiger partial charge in [-0.15, -0.1) is 5.10 Å². The first-order valence-corrected chi connectivity index (χ1v) is 7.60. The van der Waals surface area contributed by atoms with E-state index in [0.717, 1.165) is 4.68 Å². The van der Waals surface area contributed by atoms with E-state index in [2.05, 4.69) is 20.4 Å². The van der Waals surface area contributed by atoms with Gasteiger partial charge >= 0.3 is 6.18 Å². The summed E-state index contributed by atoms with van der Waals surface area (Å²) < 4.78 is 53.8. The SMILES string of the molecule is Fc1cccc(C2C=C(c3cccnc3)Nc3nc(C(F)(F)F)nn32)c1. The molecule has 132 valence electrons. The molecule has 0 radical (unpaired) electrons. The Balaban J connectivity index is 1.86. The number of fused-ring (bicyclic) bond motifs is 1. The van der Waals surface area contributed by atoms with E-state index < -0.39 is 23.9 Å². The first kappa shape index (κ1) is 16.2. The number of anilines is 1. The fourth-order valence-corrected chi connectivity index (χ4v) is 2.73. The van der Waals surface area contributed by atoms with Crippen molar-refractivity contribution in [3.05, 3.63) is 77.6 Å². The van der Waals surface area contributed by atoms with Crippen LogP contribution in [0.1, 0.15) is 23.0 Å². The van der Waals surface area contributed by atoms with E-state index in [4.69, 9.17) is 0 Å². The van der Waals surface area contributed by atoms with Crippen molar-refractivity contribution >= 4 is 11.6 Å². The average Bonchev–Trinajstić information content (AvgIpc) is 3.06. The van der Waals surface area contributed by atoms with Gasteiger partial charge in [-0.05, 0) is 35.9 Å². The van der Waals surface area contributed by atoms with Crippen molar-refractivity contribution in [3.8, 4) is 0 Å². The molecular weight excluding hydrogens is 350 g/mol. The highest BCUT2D eigenvalue weighted by atomic mass is 19.4. The minimum atomic E-state index is -4.69. The molecule has 0 fully saturated rings. The van der Waals surface area contributed by atoms with Crippen LogP contribution in [0, 0.1) is 5.82 Å². The molecular formula is C17H11F4N5. The van der Waals surface area contributed by atoms with Crippen molar-refractivity contribution in [2.45, 2.75) is 12.2 Å². The van der Waals surface area contributed by atoms with E-state index in [1.54, 1.807) is 36.7 Å². The van der Waals surface area contributed by atoms with Crippen LogP contribution < -0.4 is 5.32 Å². The van der Waals surface area contributed by atoms with E-state index >= 15 is 0 Å². The molecule has 3 aromatic rings. The Morgan fingerprint density at radius 1 is 1.12 bits per heavy atom. The summed E-state index contributed by atoms with van der Waals surface area (Å²) in [6.45, 7) is 0. The highest BCUT2D eigenvalue weighted by Crippen LogP contribution is 2.35. The number of aromatic nitrogens is 4. The van der Waals surface area contributed by atoms with Gasteiger partial charge in [-0.2, -0.15) is 18.2 Å². The van der Waals surface area contributed by atoms with Crippen molar-refractivity contribution in [1.82, 2.24) is 19.7 Å². The molecule has 1 aliphatic heterocycles. The Morgan fingerprint density at radius 3 is 2.65 bits per heavy atom. The second kappa shape index (κ2) is 5.94. The van der Waals surface area contributed by atoms with Crippen LogP contribution in [0.25, 0.3) is 5.70 Å². The molecule has 26 heavy (non-hydrogen) atoms. The maximum atomic E-state index is 13.6. The number of rotatable bonds is 2. The molecule has 4 rings (SSSR count). The minimum Gasteiger partial charge on any atom is -0.324 e. The average molecular weight is 361 g/mol. The first-order valence-electron chi connectivity index (χ1n) is 7.60. The Bertz CT molecular complexity index is 978. The molecule has 1 atom stereocenters. The van der Waals surface area contributed by atoms with Crippen LogP contribution in [-0.4, -0.2) is 19.7 Å². The van der Waals surface area contributed by atoms with Crippen molar-refractivity contribution in [1.29, 1.82) is 0 Å². The van der Waals surface area contributed by atoms with E-state index in [0.29, 0.717) is 16.8 Å². The van der Waals surface area contributed by atoms with Gasteiger partial charge in [0.2, 0.25) is 5.95 Å². The highest BCUT2D eigenvalue weighted by molar-refractivity contribution is 5.76. The predicted octanol–water partition coefficient (Wildman–Crippen LogP) is 3.89. The normalized spacial score (nSPS) is 16.6. The number of allylic oxidation sites excluding steroid dienone is 1. The largest absolute Gasteiger partial charge is 0.453 e. The van der Waals surface area contributed by atoms with Gasteiger partial charge in [-0.3, -0.25) is 4.98 Å². The van der Waals surface area contributed by atoms with Gasteiger partial charge in [0, 0.05) is 23.7 Å². The second-order valence-electron chi connectivity index (χ2n) is 5.65. The zero-order valence-electron chi connectivity index (χ0n) is 13.1. The summed E-state index contributed by atoms with van der Waals surface area (Å²) in [5.41, 5.74) is 1.63. The lowest BCUT2D eigenvalue weighted by Gasteiger charge is -2.24. The van der Waals surface area contributed by atoms with Gasteiger partial charge in [0.25, 0.3) is 5.82 Å². The van der Waals surface area contributed by atoms with Crippen LogP contribution in [-0.2, 0) is 6.18 Å². The third kappa shape index (κ3) is 2.92. The molecule has 0 spiro atoms. The number of halogens is 4. The first-order chi connectivity index (χ1) is 12.4. The maximum absolute atomic E-state index is 13.6. The summed E-state index contributed by atoms with van der Waals surface area (Å²) >= 11 is 0. The quantitative estimate of drug-likeness (QED) is 0.704. The van der Waals surface area contributed by atoms with Crippen LogP contribution >= 0.6 is 0 Å². The number of pyridine rings is 1. The molecule has 0 saturated heterocycles. The molecule has 2 aromatic heterocycles. The topological polar surface area (TPSA) is 55.6 Å². The highest BCUT2D eigenvalue weighted by Gasteiger charge is 2.39. The van der Waals surface area contributed by atoms with E-state index in [-0.39, 0.29) is 5.95 Å². The van der Waals surface area contributed by atoms with Crippen molar-refractivity contribution in [2.75, 3.05) is 5.32 Å². The number of nitrogens with one attached hydrogen (secondary N) is 1. The van der Waals surface area contributed by atoms with Crippen LogP contribution in [0.3, 0.4) is 0 Å². The van der Waals surface area contributed by atoms with Gasteiger partial charge < -0.3 is 5.32 Å². The summed E-state index contributed by atoms with van der Waals surface area (Å²) in [5, 5.41) is 6.41. The van der Waals surface area contributed by atoms with Gasteiger partial charge in [-0.25, -0.2) is 9.07 Å². The summed E-state index contributed by atoms with van der Waals surface area (Å²) in [6, 6.07) is 8.34. The number of alkyl halides is 3. The molecule has 0 bridgehead atoms. The Labute approximate surface area is 145 Å². The molecule has 1 aliphatic rings. The zero-order chi connectivity index (χ0) is 18.3. The number of nitrogens with zero attached hydrogens (tertiary/aromatic N) is 4. The van der Waals surface area contributed by atoms with Gasteiger partial charge in [0.15, 0.2) is 0 Å². The van der Waals surface area contributed by atoms with Crippen LogP contribution in [0.2, 0.25) is 0 Å². The fraction of sp³-hybridized carbons (Fsp3) is 0.118. The smallest absolute Gasteiger partial charge is 0.324 e. The van der Waals surface area contributed by atoms with Crippen molar-refractivity contribution in [3.63, 3.8) is 0 Å². The monoisotopic (exact) mass is 361 g/mol. The number of benzene rings is 1. The van der Waals surface area contributed by atoms with Crippen molar-refractivity contribution in [2.24, 2.45) is 0 Å². The van der Waals surface area contributed by atoms with Crippen LogP contribution in [0.15, 0.2) is 54.9 Å². The second-order valence-corrected chi connectivity index (χ2v) is 5.65. The zero-order valence-corrected chi connectivity index (χ0v) is 13.1. The fourth-order valence-electron chi connectivity index (χ4n) is 2.73. The third-order valence-corrected chi connectivity index (χ3v) is 3.88. The molecule has 1 N–H and O–H groups in total. The Morgan fingerprint density at radius 2 is 1.96 bits per heavy atom. The van der Waals surface area contributed by atoms with Gasteiger partial charge in [0.05, 0.1) is 0 Å². The third-order valence-electron chi connectivity index (χ3n) is 3.88. The minimum absolute atomic E-state index is 0.0760. The lowest BCUT2D eigenvalue weighted by Crippen LogP contribution is -2.20. The molecule has 1 unspecified atom stereocenters. The molecule has 0 saturated carbocycles. The Hall–Kier alpha value is -3.23. The number of hydrogen-bond donors (Lipinski definition) is 1. The standard InChI is InChI=1S/C17H11F4N5/c18-12-5-1-3-10(7-12)14-8-13(11-4-2-6-22-9-11)23-16-24-15(17(19,20)21)25-26(14)16/h1-9,14H,(H,23,24,25). The summed E-state index contributed by atoms with van der Waals surface area (Å²) in [6.07, 6.45) is 0.125. The molecule has 0 aliphatic carbocycles. The lowest BCUT2D eigenvalue weighted by atomic mass is 10.0. The van der Waals surface area contributed by atoms with Crippen molar-refractivity contribution < 1.29 is 17.6 Å². The van der Waals surface area contributed by atoms with Crippen LogP contribution in [0.5, 0.6) is 0 Å². The molecule has 0 amide bonds. The summed E-state index contributed by atoms with van der Waals surface area (Å²) in [7, 11) is 0. The van der Waals surface area contributed by atoms with E-state index in [1.807, 2.05) is 0 Å². The molecule has 5 nitrogen and oxygen atoms in total.